The van der Waals surface area contributed by atoms with Crippen LogP contribution in [0.5, 0.6) is 0 Å². The summed E-state index contributed by atoms with van der Waals surface area (Å²) in [5, 5.41) is 3.23. The number of hydrogen-bond donors (Lipinski definition) is 1. The van der Waals surface area contributed by atoms with Gasteiger partial charge in [0.2, 0.25) is 5.91 Å². The summed E-state index contributed by atoms with van der Waals surface area (Å²) in [5.74, 6) is -0.973. The molecule has 136 valence electrons. The summed E-state index contributed by atoms with van der Waals surface area (Å²) in [4.78, 5) is 26.6. The molecule has 2 aromatic carbocycles. The maximum atomic E-state index is 13.2. The zero-order chi connectivity index (χ0) is 18.7. The maximum Gasteiger partial charge on any atom is 0.253 e. The van der Waals surface area contributed by atoms with E-state index in [1.807, 2.05) is 0 Å². The number of likely N-dealkylation sites (tertiary alicyclic amines) is 1. The number of carbonyl (C=O) groups excluding carboxylic acids is 2. The molecule has 2 amide bonds. The predicted molar refractivity (Wildman–Crippen MR) is 100 cm³/mol. The van der Waals surface area contributed by atoms with Crippen molar-refractivity contribution in [3.05, 3.63) is 63.9 Å². The van der Waals surface area contributed by atoms with E-state index >= 15 is 0 Å². The molecule has 0 unspecified atom stereocenters. The van der Waals surface area contributed by atoms with Crippen LogP contribution in [0.15, 0.2) is 42.5 Å². The van der Waals surface area contributed by atoms with Crippen molar-refractivity contribution in [2.75, 3.05) is 18.4 Å². The lowest BCUT2D eigenvalue weighted by Crippen LogP contribution is -2.41. The second-order valence-corrected chi connectivity index (χ2v) is 7.04. The molecule has 2 aromatic rings. The molecule has 1 saturated heterocycles. The summed E-state index contributed by atoms with van der Waals surface area (Å²) in [7, 11) is 0. The summed E-state index contributed by atoms with van der Waals surface area (Å²) in [5.41, 5.74) is 1.00. The highest BCUT2D eigenvalue weighted by Gasteiger charge is 2.28. The number of amides is 2. The molecule has 1 heterocycles. The van der Waals surface area contributed by atoms with E-state index in [1.54, 1.807) is 29.2 Å². The van der Waals surface area contributed by atoms with Crippen LogP contribution >= 0.6 is 23.2 Å². The number of halogens is 3. The van der Waals surface area contributed by atoms with Gasteiger partial charge in [-0.1, -0.05) is 29.3 Å². The SMILES string of the molecule is O=C(Nc1ccc(F)c(Cl)c1)C1CCN(C(=O)c2cccc(Cl)c2)CC1. The molecule has 0 saturated carbocycles. The molecular formula is C19H17Cl2FN2O2. The number of piperidine rings is 1. The Morgan fingerprint density at radius 3 is 2.46 bits per heavy atom. The first-order chi connectivity index (χ1) is 12.4. The van der Waals surface area contributed by atoms with Gasteiger partial charge in [-0.25, -0.2) is 4.39 Å². The van der Waals surface area contributed by atoms with Crippen molar-refractivity contribution >= 4 is 40.7 Å². The molecule has 0 atom stereocenters. The Morgan fingerprint density at radius 2 is 1.81 bits per heavy atom. The van der Waals surface area contributed by atoms with E-state index in [-0.39, 0.29) is 22.8 Å². The van der Waals surface area contributed by atoms with Gasteiger partial charge in [0.25, 0.3) is 5.91 Å². The van der Waals surface area contributed by atoms with Crippen molar-refractivity contribution in [1.82, 2.24) is 4.90 Å². The van der Waals surface area contributed by atoms with Gasteiger partial charge >= 0.3 is 0 Å². The highest BCUT2D eigenvalue weighted by Crippen LogP contribution is 2.24. The summed E-state index contributed by atoms with van der Waals surface area (Å²) in [6.45, 7) is 0.987. The van der Waals surface area contributed by atoms with Gasteiger partial charge in [0, 0.05) is 35.3 Å². The molecule has 1 aliphatic rings. The first-order valence-corrected chi connectivity index (χ1v) is 9.00. The van der Waals surface area contributed by atoms with Crippen LogP contribution in [0.4, 0.5) is 10.1 Å². The van der Waals surface area contributed by atoms with Gasteiger partial charge in [-0.15, -0.1) is 0 Å². The van der Waals surface area contributed by atoms with Gasteiger partial charge in [-0.05, 0) is 49.2 Å². The van der Waals surface area contributed by atoms with Gasteiger partial charge < -0.3 is 10.2 Å². The van der Waals surface area contributed by atoms with Crippen molar-refractivity contribution in [3.63, 3.8) is 0 Å². The molecule has 3 rings (SSSR count). The lowest BCUT2D eigenvalue weighted by atomic mass is 9.95. The Bertz CT molecular complexity index is 836. The highest BCUT2D eigenvalue weighted by molar-refractivity contribution is 6.31. The van der Waals surface area contributed by atoms with Crippen molar-refractivity contribution < 1.29 is 14.0 Å². The van der Waals surface area contributed by atoms with Gasteiger partial charge in [0.1, 0.15) is 5.82 Å². The molecule has 1 aliphatic heterocycles. The molecule has 0 bridgehead atoms. The van der Waals surface area contributed by atoms with Crippen LogP contribution in [0.3, 0.4) is 0 Å². The number of carbonyl (C=O) groups is 2. The van der Waals surface area contributed by atoms with E-state index in [0.717, 1.165) is 0 Å². The first-order valence-electron chi connectivity index (χ1n) is 8.25. The molecule has 0 spiro atoms. The van der Waals surface area contributed by atoms with Crippen molar-refractivity contribution in [2.24, 2.45) is 5.92 Å². The largest absolute Gasteiger partial charge is 0.339 e. The van der Waals surface area contributed by atoms with E-state index in [2.05, 4.69) is 5.32 Å². The number of rotatable bonds is 3. The Hall–Kier alpha value is -2.11. The second kappa shape index (κ2) is 8.06. The monoisotopic (exact) mass is 394 g/mol. The van der Waals surface area contributed by atoms with E-state index < -0.39 is 5.82 Å². The highest BCUT2D eigenvalue weighted by atomic mass is 35.5. The third-order valence-corrected chi connectivity index (χ3v) is 4.94. The van der Waals surface area contributed by atoms with E-state index in [1.165, 1.54) is 18.2 Å². The van der Waals surface area contributed by atoms with Crippen LogP contribution in [0.25, 0.3) is 0 Å². The molecule has 26 heavy (non-hydrogen) atoms. The van der Waals surface area contributed by atoms with E-state index in [0.29, 0.717) is 42.2 Å². The molecule has 1 fully saturated rings. The van der Waals surface area contributed by atoms with Crippen LogP contribution in [-0.2, 0) is 4.79 Å². The van der Waals surface area contributed by atoms with Gasteiger partial charge in [0.05, 0.1) is 5.02 Å². The van der Waals surface area contributed by atoms with Crippen LogP contribution < -0.4 is 5.32 Å². The molecule has 0 aliphatic carbocycles. The fourth-order valence-corrected chi connectivity index (χ4v) is 3.34. The minimum atomic E-state index is -0.530. The standard InChI is InChI=1S/C19H17Cl2FN2O2/c20-14-3-1-2-13(10-14)19(26)24-8-6-12(7-9-24)18(25)23-15-4-5-17(22)16(21)11-15/h1-5,10-12H,6-9H2,(H,23,25). The second-order valence-electron chi connectivity index (χ2n) is 6.19. The number of benzene rings is 2. The summed E-state index contributed by atoms with van der Waals surface area (Å²) >= 11 is 11.7. The third kappa shape index (κ3) is 4.34. The summed E-state index contributed by atoms with van der Waals surface area (Å²) in [6.07, 6.45) is 1.13. The number of nitrogens with one attached hydrogen (secondary N) is 1. The predicted octanol–water partition coefficient (Wildman–Crippen LogP) is 4.62. The Labute approximate surface area is 160 Å². The fourth-order valence-electron chi connectivity index (χ4n) is 2.97. The maximum absolute atomic E-state index is 13.2. The lowest BCUT2D eigenvalue weighted by Gasteiger charge is -2.31. The minimum absolute atomic E-state index is 0.0373. The van der Waals surface area contributed by atoms with Crippen molar-refractivity contribution in [3.8, 4) is 0 Å². The lowest BCUT2D eigenvalue weighted by molar-refractivity contribution is -0.121. The van der Waals surface area contributed by atoms with Gasteiger partial charge in [-0.2, -0.15) is 0 Å². The first kappa shape index (κ1) is 18.7. The topological polar surface area (TPSA) is 49.4 Å². The zero-order valence-corrected chi connectivity index (χ0v) is 15.4. The van der Waals surface area contributed by atoms with E-state index in [9.17, 15) is 14.0 Å². The van der Waals surface area contributed by atoms with Crippen molar-refractivity contribution in [1.29, 1.82) is 0 Å². The smallest absolute Gasteiger partial charge is 0.253 e. The summed E-state index contributed by atoms with van der Waals surface area (Å²) in [6, 6.07) is 10.9. The molecule has 7 heteroatoms. The van der Waals surface area contributed by atoms with Crippen LogP contribution in [0.1, 0.15) is 23.2 Å². The fraction of sp³-hybridized carbons (Fsp3) is 0.263. The zero-order valence-electron chi connectivity index (χ0n) is 13.8. The molecule has 0 aromatic heterocycles. The average molecular weight is 395 g/mol. The number of nitrogens with zero attached hydrogens (tertiary/aromatic N) is 1. The number of hydrogen-bond acceptors (Lipinski definition) is 2. The van der Waals surface area contributed by atoms with Crippen LogP contribution in [0, 0.1) is 11.7 Å². The number of anilines is 1. The normalized spacial score (nSPS) is 15.0. The van der Waals surface area contributed by atoms with Crippen LogP contribution in [-0.4, -0.2) is 29.8 Å². The average Bonchev–Trinajstić information content (AvgIpc) is 2.64. The van der Waals surface area contributed by atoms with Gasteiger partial charge in [0.15, 0.2) is 0 Å². The molecule has 0 radical (unpaired) electrons. The molecule has 4 nitrogen and oxygen atoms in total. The van der Waals surface area contributed by atoms with Crippen molar-refractivity contribution in [2.45, 2.75) is 12.8 Å². The third-order valence-electron chi connectivity index (χ3n) is 4.41. The van der Waals surface area contributed by atoms with E-state index in [4.69, 9.17) is 23.2 Å². The molecular weight excluding hydrogens is 378 g/mol. The minimum Gasteiger partial charge on any atom is -0.339 e. The Kier molecular flexibility index (Phi) is 5.79. The quantitative estimate of drug-likeness (QED) is 0.825. The Morgan fingerprint density at radius 1 is 1.08 bits per heavy atom. The van der Waals surface area contributed by atoms with Crippen LogP contribution in [0.2, 0.25) is 10.0 Å². The van der Waals surface area contributed by atoms with Gasteiger partial charge in [-0.3, -0.25) is 9.59 Å². The molecule has 1 N–H and O–H groups in total. The Balaban J connectivity index is 1.56. The summed E-state index contributed by atoms with van der Waals surface area (Å²) < 4.78 is 13.2.